The van der Waals surface area contributed by atoms with Gasteiger partial charge in [0, 0.05) is 45.8 Å². The van der Waals surface area contributed by atoms with E-state index in [1.807, 2.05) is 18.2 Å². The molecule has 2 atom stereocenters. The number of nitrogens with zero attached hydrogens (tertiary/aromatic N) is 2. The first-order chi connectivity index (χ1) is 10.2. The second kappa shape index (κ2) is 7.38. The first-order valence-corrected chi connectivity index (χ1v) is 7.10. The van der Waals surface area contributed by atoms with Crippen LogP contribution in [0.5, 0.6) is 5.88 Å². The normalized spacial score (nSPS) is 22.2. The standard InChI is InChI=1S/C15H23N3O3/c1-16-15(19)13-9-18(7-11(13)10-20-2)8-12-5-4-6-14(17-12)21-3/h4-6,11,13H,7-10H2,1-3H3,(H,16,19)/t11-,13+/m0/s1. The highest BCUT2D eigenvalue weighted by molar-refractivity contribution is 5.79. The van der Waals surface area contributed by atoms with Gasteiger partial charge in [0.1, 0.15) is 0 Å². The summed E-state index contributed by atoms with van der Waals surface area (Å²) in [6.45, 7) is 2.88. The van der Waals surface area contributed by atoms with Gasteiger partial charge in [-0.2, -0.15) is 0 Å². The van der Waals surface area contributed by atoms with Crippen molar-refractivity contribution in [3.63, 3.8) is 0 Å². The molecule has 1 aliphatic rings. The van der Waals surface area contributed by atoms with Gasteiger partial charge in [0.05, 0.1) is 25.3 Å². The Bertz CT molecular complexity index is 481. The molecule has 1 aliphatic heterocycles. The summed E-state index contributed by atoms with van der Waals surface area (Å²) >= 11 is 0. The predicted molar refractivity (Wildman–Crippen MR) is 79.0 cm³/mol. The molecular weight excluding hydrogens is 270 g/mol. The zero-order valence-corrected chi connectivity index (χ0v) is 12.8. The topological polar surface area (TPSA) is 63.7 Å². The van der Waals surface area contributed by atoms with Crippen LogP contribution in [-0.4, -0.2) is 56.8 Å². The van der Waals surface area contributed by atoms with Crippen molar-refractivity contribution in [3.8, 4) is 5.88 Å². The van der Waals surface area contributed by atoms with Crippen molar-refractivity contribution in [1.29, 1.82) is 0 Å². The van der Waals surface area contributed by atoms with Crippen LogP contribution in [0, 0.1) is 11.8 Å². The van der Waals surface area contributed by atoms with Crippen LogP contribution in [-0.2, 0) is 16.1 Å². The second-order valence-electron chi connectivity index (χ2n) is 5.30. The molecule has 0 radical (unpaired) electrons. The summed E-state index contributed by atoms with van der Waals surface area (Å²) < 4.78 is 10.4. The summed E-state index contributed by atoms with van der Waals surface area (Å²) in [5.74, 6) is 0.891. The maximum Gasteiger partial charge on any atom is 0.224 e. The second-order valence-corrected chi connectivity index (χ2v) is 5.30. The highest BCUT2D eigenvalue weighted by Gasteiger charge is 2.37. The minimum atomic E-state index is -0.0273. The van der Waals surface area contributed by atoms with E-state index in [9.17, 15) is 4.79 Å². The van der Waals surface area contributed by atoms with Crippen molar-refractivity contribution >= 4 is 5.91 Å². The molecule has 116 valence electrons. The van der Waals surface area contributed by atoms with Crippen molar-refractivity contribution in [2.45, 2.75) is 6.54 Å². The summed E-state index contributed by atoms with van der Waals surface area (Å²) in [4.78, 5) is 18.6. The van der Waals surface area contributed by atoms with Gasteiger partial charge in [-0.25, -0.2) is 4.98 Å². The summed E-state index contributed by atoms with van der Waals surface area (Å²) in [5, 5.41) is 2.74. The minimum absolute atomic E-state index is 0.0273. The van der Waals surface area contributed by atoms with Crippen molar-refractivity contribution in [1.82, 2.24) is 15.2 Å². The van der Waals surface area contributed by atoms with E-state index >= 15 is 0 Å². The van der Waals surface area contributed by atoms with Crippen LogP contribution in [0.2, 0.25) is 0 Å². The number of hydrogen-bond donors (Lipinski definition) is 1. The lowest BCUT2D eigenvalue weighted by atomic mass is 9.96. The smallest absolute Gasteiger partial charge is 0.224 e. The molecule has 0 spiro atoms. The number of methoxy groups -OCH3 is 2. The zero-order valence-electron chi connectivity index (χ0n) is 12.8. The van der Waals surface area contributed by atoms with E-state index < -0.39 is 0 Å². The SMILES string of the molecule is CNC(=O)[C@@H]1CN(Cc2cccc(OC)n2)C[C@H]1COC. The lowest BCUT2D eigenvalue weighted by Crippen LogP contribution is -2.34. The Hall–Kier alpha value is -1.66. The summed E-state index contributed by atoms with van der Waals surface area (Å²) in [5.41, 5.74) is 0.947. The molecule has 0 bridgehead atoms. The van der Waals surface area contributed by atoms with Gasteiger partial charge in [0.25, 0.3) is 0 Å². The molecule has 1 fully saturated rings. The Labute approximate surface area is 125 Å². The van der Waals surface area contributed by atoms with Crippen molar-refractivity contribution in [2.75, 3.05) is 41.0 Å². The lowest BCUT2D eigenvalue weighted by molar-refractivity contribution is -0.125. The molecule has 1 amide bonds. The number of likely N-dealkylation sites (tertiary alicyclic amines) is 1. The maximum absolute atomic E-state index is 12.0. The van der Waals surface area contributed by atoms with Crippen molar-refractivity contribution in [3.05, 3.63) is 23.9 Å². The largest absolute Gasteiger partial charge is 0.481 e. The maximum atomic E-state index is 12.0. The molecule has 1 saturated heterocycles. The Morgan fingerprint density at radius 1 is 1.43 bits per heavy atom. The van der Waals surface area contributed by atoms with E-state index in [2.05, 4.69) is 15.2 Å². The van der Waals surface area contributed by atoms with Crippen LogP contribution in [0.1, 0.15) is 5.69 Å². The summed E-state index contributed by atoms with van der Waals surface area (Å²) in [6.07, 6.45) is 0. The molecule has 2 rings (SSSR count). The van der Waals surface area contributed by atoms with E-state index in [1.54, 1.807) is 21.3 Å². The van der Waals surface area contributed by atoms with E-state index in [0.29, 0.717) is 19.0 Å². The molecule has 1 aromatic heterocycles. The monoisotopic (exact) mass is 293 g/mol. The first-order valence-electron chi connectivity index (χ1n) is 7.10. The molecule has 6 heteroatoms. The Kier molecular flexibility index (Phi) is 5.52. The summed E-state index contributed by atoms with van der Waals surface area (Å²) in [6, 6.07) is 5.73. The molecule has 6 nitrogen and oxygen atoms in total. The van der Waals surface area contributed by atoms with Crippen LogP contribution in [0.15, 0.2) is 18.2 Å². The van der Waals surface area contributed by atoms with Crippen LogP contribution in [0.3, 0.4) is 0 Å². The average Bonchev–Trinajstić information content (AvgIpc) is 2.89. The van der Waals surface area contributed by atoms with Crippen LogP contribution >= 0.6 is 0 Å². The third-order valence-corrected chi connectivity index (χ3v) is 3.86. The average molecular weight is 293 g/mol. The Morgan fingerprint density at radius 3 is 2.90 bits per heavy atom. The molecule has 2 heterocycles. The number of ether oxygens (including phenoxy) is 2. The molecule has 1 N–H and O–H groups in total. The fraction of sp³-hybridized carbons (Fsp3) is 0.600. The highest BCUT2D eigenvalue weighted by atomic mass is 16.5. The number of rotatable bonds is 6. The minimum Gasteiger partial charge on any atom is -0.481 e. The fourth-order valence-corrected chi connectivity index (χ4v) is 2.84. The Balaban J connectivity index is 2.02. The molecule has 0 saturated carbocycles. The van der Waals surface area contributed by atoms with Gasteiger partial charge in [-0.05, 0) is 6.07 Å². The van der Waals surface area contributed by atoms with Crippen LogP contribution in [0.25, 0.3) is 0 Å². The van der Waals surface area contributed by atoms with E-state index in [4.69, 9.17) is 9.47 Å². The number of pyridine rings is 1. The molecule has 21 heavy (non-hydrogen) atoms. The van der Waals surface area contributed by atoms with Crippen LogP contribution < -0.4 is 10.1 Å². The number of aromatic nitrogens is 1. The van der Waals surface area contributed by atoms with Gasteiger partial charge in [-0.3, -0.25) is 9.69 Å². The number of nitrogens with one attached hydrogen (secondary N) is 1. The number of amides is 1. The molecule has 1 aromatic rings. The Morgan fingerprint density at radius 2 is 2.24 bits per heavy atom. The molecule has 0 unspecified atom stereocenters. The predicted octanol–water partition coefficient (Wildman–Crippen LogP) is 0.531. The van der Waals surface area contributed by atoms with Gasteiger partial charge in [-0.1, -0.05) is 6.07 Å². The third-order valence-electron chi connectivity index (χ3n) is 3.86. The quantitative estimate of drug-likeness (QED) is 0.829. The molecular formula is C15H23N3O3. The van der Waals surface area contributed by atoms with Gasteiger partial charge >= 0.3 is 0 Å². The van der Waals surface area contributed by atoms with E-state index in [-0.39, 0.29) is 17.7 Å². The van der Waals surface area contributed by atoms with Gasteiger partial charge in [0.15, 0.2) is 0 Å². The van der Waals surface area contributed by atoms with Gasteiger partial charge in [-0.15, -0.1) is 0 Å². The van der Waals surface area contributed by atoms with Crippen LogP contribution in [0.4, 0.5) is 0 Å². The van der Waals surface area contributed by atoms with E-state index in [1.165, 1.54) is 0 Å². The zero-order chi connectivity index (χ0) is 15.2. The third kappa shape index (κ3) is 3.92. The fourth-order valence-electron chi connectivity index (χ4n) is 2.84. The molecule has 0 aliphatic carbocycles. The van der Waals surface area contributed by atoms with Gasteiger partial charge in [0.2, 0.25) is 11.8 Å². The van der Waals surface area contributed by atoms with E-state index in [0.717, 1.165) is 18.8 Å². The number of hydrogen-bond acceptors (Lipinski definition) is 5. The number of carbonyl (C=O) groups is 1. The molecule has 0 aromatic carbocycles. The number of carbonyl (C=O) groups excluding carboxylic acids is 1. The highest BCUT2D eigenvalue weighted by Crippen LogP contribution is 2.25. The van der Waals surface area contributed by atoms with Crippen molar-refractivity contribution < 1.29 is 14.3 Å². The first kappa shape index (κ1) is 15.7. The summed E-state index contributed by atoms with van der Waals surface area (Å²) in [7, 11) is 4.96. The van der Waals surface area contributed by atoms with Gasteiger partial charge < -0.3 is 14.8 Å². The van der Waals surface area contributed by atoms with Crippen molar-refractivity contribution in [2.24, 2.45) is 11.8 Å². The lowest BCUT2D eigenvalue weighted by Gasteiger charge is -2.15.